The Balaban J connectivity index is 2.79. The van der Waals surface area contributed by atoms with Gasteiger partial charge >= 0.3 is 5.97 Å². The Hall–Kier alpha value is -1.58. The summed E-state index contributed by atoms with van der Waals surface area (Å²) in [5.41, 5.74) is 0.0625. The number of aliphatic hydroxyl groups excluding tert-OH is 4. The summed E-state index contributed by atoms with van der Waals surface area (Å²) in [5, 5.41) is 37.1. The van der Waals surface area contributed by atoms with E-state index in [1.165, 1.54) is 26.4 Å². The van der Waals surface area contributed by atoms with Crippen LogP contribution in [0.1, 0.15) is 10.4 Å². The van der Waals surface area contributed by atoms with Crippen molar-refractivity contribution in [1.29, 1.82) is 0 Å². The van der Waals surface area contributed by atoms with Crippen molar-refractivity contribution < 1.29 is 39.4 Å². The lowest BCUT2D eigenvalue weighted by Gasteiger charge is -2.21. The number of carbonyl (C=O) groups excluding carboxylic acids is 1. The zero-order valence-corrected chi connectivity index (χ0v) is 13.4. The largest absolute Gasteiger partial charge is 0.495 e. The molecule has 0 radical (unpaired) electrons. The standard InChI is InChI=1S/C14H19ClO8/c1-21-10-3-7(4-11(22-2)12(10)15)14(20)23-6-9(18)13(19)8(17)5-16/h3-4,8-9,13,16-19H,5-6H2,1-2H3/t8-,9-,13+/m1/s1. The minimum Gasteiger partial charge on any atom is -0.495 e. The van der Waals surface area contributed by atoms with Crippen LogP contribution in [0, 0.1) is 0 Å². The van der Waals surface area contributed by atoms with Gasteiger partial charge in [-0.1, -0.05) is 11.6 Å². The van der Waals surface area contributed by atoms with Gasteiger partial charge in [0, 0.05) is 0 Å². The molecule has 4 N–H and O–H groups in total. The molecule has 0 fully saturated rings. The van der Waals surface area contributed by atoms with Crippen molar-refractivity contribution in [3.63, 3.8) is 0 Å². The van der Waals surface area contributed by atoms with Crippen LogP contribution in [-0.2, 0) is 4.74 Å². The van der Waals surface area contributed by atoms with Gasteiger partial charge in [-0.15, -0.1) is 0 Å². The van der Waals surface area contributed by atoms with Gasteiger partial charge in [0.05, 0.1) is 26.4 Å². The number of benzene rings is 1. The molecule has 3 atom stereocenters. The predicted molar refractivity (Wildman–Crippen MR) is 79.9 cm³/mol. The zero-order valence-electron chi connectivity index (χ0n) is 12.6. The van der Waals surface area contributed by atoms with E-state index in [4.69, 9.17) is 30.9 Å². The van der Waals surface area contributed by atoms with Crippen LogP contribution in [-0.4, -0.2) is 72.1 Å². The van der Waals surface area contributed by atoms with Crippen molar-refractivity contribution in [2.24, 2.45) is 0 Å². The Morgan fingerprint density at radius 1 is 1.13 bits per heavy atom. The summed E-state index contributed by atoms with van der Waals surface area (Å²) in [7, 11) is 2.73. The third-order valence-corrected chi connectivity index (χ3v) is 3.41. The number of carbonyl (C=O) groups is 1. The van der Waals surface area contributed by atoms with Gasteiger partial charge in [0.25, 0.3) is 0 Å². The van der Waals surface area contributed by atoms with Crippen molar-refractivity contribution >= 4 is 17.6 Å². The summed E-state index contributed by atoms with van der Waals surface area (Å²) in [4.78, 5) is 12.0. The van der Waals surface area contributed by atoms with Gasteiger partial charge in [-0.05, 0) is 12.1 Å². The lowest BCUT2D eigenvalue weighted by atomic mass is 10.1. The number of rotatable bonds is 8. The monoisotopic (exact) mass is 350 g/mol. The SMILES string of the molecule is COc1cc(C(=O)OC[C@@H](O)[C@@H](O)[C@H](O)CO)cc(OC)c1Cl. The first-order chi connectivity index (χ1) is 10.8. The van der Waals surface area contributed by atoms with Gasteiger partial charge in [-0.3, -0.25) is 0 Å². The smallest absolute Gasteiger partial charge is 0.338 e. The van der Waals surface area contributed by atoms with Crippen LogP contribution in [0.25, 0.3) is 0 Å². The number of esters is 1. The number of ether oxygens (including phenoxy) is 3. The maximum Gasteiger partial charge on any atom is 0.338 e. The Morgan fingerprint density at radius 3 is 2.09 bits per heavy atom. The van der Waals surface area contributed by atoms with Crippen molar-refractivity contribution in [3.05, 3.63) is 22.7 Å². The van der Waals surface area contributed by atoms with E-state index < -0.39 is 37.5 Å². The number of halogens is 1. The maximum absolute atomic E-state index is 12.0. The topological polar surface area (TPSA) is 126 Å². The third kappa shape index (κ3) is 4.95. The summed E-state index contributed by atoms with van der Waals surface area (Å²) in [5.74, 6) is -0.411. The first kappa shape index (κ1) is 19.5. The summed E-state index contributed by atoms with van der Waals surface area (Å²) < 4.78 is 14.9. The summed E-state index contributed by atoms with van der Waals surface area (Å²) in [6.45, 7) is -1.32. The highest BCUT2D eigenvalue weighted by Crippen LogP contribution is 2.35. The van der Waals surface area contributed by atoms with Crippen LogP contribution in [0.5, 0.6) is 11.5 Å². The second-order valence-corrected chi connectivity index (χ2v) is 4.98. The second-order valence-electron chi connectivity index (χ2n) is 4.60. The van der Waals surface area contributed by atoms with Crippen molar-refractivity contribution in [2.45, 2.75) is 18.3 Å². The highest BCUT2D eigenvalue weighted by molar-refractivity contribution is 6.33. The minimum atomic E-state index is -1.65. The molecule has 0 bridgehead atoms. The third-order valence-electron chi connectivity index (χ3n) is 3.04. The number of hydrogen-bond donors (Lipinski definition) is 4. The summed E-state index contributed by atoms with van der Waals surface area (Å²) >= 11 is 5.98. The number of aliphatic hydroxyl groups is 4. The molecule has 130 valence electrons. The Morgan fingerprint density at radius 2 is 1.65 bits per heavy atom. The fourth-order valence-electron chi connectivity index (χ4n) is 1.69. The zero-order chi connectivity index (χ0) is 17.6. The fourth-order valence-corrected chi connectivity index (χ4v) is 1.96. The highest BCUT2D eigenvalue weighted by Gasteiger charge is 2.26. The molecule has 8 nitrogen and oxygen atoms in total. The average molecular weight is 351 g/mol. The maximum atomic E-state index is 12.0. The second kappa shape index (κ2) is 8.90. The van der Waals surface area contributed by atoms with E-state index in [0.29, 0.717) is 0 Å². The van der Waals surface area contributed by atoms with Gasteiger partial charge in [0.1, 0.15) is 41.4 Å². The fraction of sp³-hybridized carbons (Fsp3) is 0.500. The van der Waals surface area contributed by atoms with E-state index in [2.05, 4.69) is 0 Å². The van der Waals surface area contributed by atoms with Crippen LogP contribution in [0.3, 0.4) is 0 Å². The molecule has 0 saturated heterocycles. The molecule has 0 aliphatic carbocycles. The highest BCUT2D eigenvalue weighted by atomic mass is 35.5. The molecule has 0 aromatic heterocycles. The van der Waals surface area contributed by atoms with Crippen LogP contribution in [0.4, 0.5) is 0 Å². The Bertz CT molecular complexity index is 511. The molecule has 0 saturated carbocycles. The van der Waals surface area contributed by atoms with Crippen LogP contribution >= 0.6 is 11.6 Å². The van der Waals surface area contributed by atoms with E-state index in [1.807, 2.05) is 0 Å². The van der Waals surface area contributed by atoms with Gasteiger partial charge in [-0.25, -0.2) is 4.79 Å². The molecule has 0 spiro atoms. The van der Waals surface area contributed by atoms with E-state index in [0.717, 1.165) is 0 Å². The van der Waals surface area contributed by atoms with Gasteiger partial charge < -0.3 is 34.6 Å². The molecule has 0 aliphatic rings. The molecular weight excluding hydrogens is 332 g/mol. The van der Waals surface area contributed by atoms with Gasteiger partial charge in [0.2, 0.25) is 0 Å². The molecule has 0 heterocycles. The van der Waals surface area contributed by atoms with Crippen LogP contribution in [0.15, 0.2) is 12.1 Å². The van der Waals surface area contributed by atoms with E-state index in [-0.39, 0.29) is 22.1 Å². The lowest BCUT2D eigenvalue weighted by Crippen LogP contribution is -2.42. The Kier molecular flexibility index (Phi) is 7.53. The minimum absolute atomic E-state index is 0.0625. The van der Waals surface area contributed by atoms with Crippen molar-refractivity contribution in [3.8, 4) is 11.5 Å². The molecule has 9 heteroatoms. The first-order valence-corrected chi connectivity index (χ1v) is 6.97. The molecule has 23 heavy (non-hydrogen) atoms. The first-order valence-electron chi connectivity index (χ1n) is 6.59. The van der Waals surface area contributed by atoms with E-state index >= 15 is 0 Å². The molecule has 0 amide bonds. The van der Waals surface area contributed by atoms with Gasteiger partial charge in [0.15, 0.2) is 0 Å². The Labute approximate surface area is 137 Å². The quantitative estimate of drug-likeness (QED) is 0.466. The van der Waals surface area contributed by atoms with E-state index in [1.54, 1.807) is 0 Å². The van der Waals surface area contributed by atoms with Crippen LogP contribution < -0.4 is 9.47 Å². The van der Waals surface area contributed by atoms with Gasteiger partial charge in [-0.2, -0.15) is 0 Å². The van der Waals surface area contributed by atoms with Crippen molar-refractivity contribution in [2.75, 3.05) is 27.4 Å². The molecule has 1 rings (SSSR count). The molecule has 1 aromatic carbocycles. The number of hydrogen-bond acceptors (Lipinski definition) is 8. The molecular formula is C14H19ClO8. The number of methoxy groups -OCH3 is 2. The molecule has 0 unspecified atom stereocenters. The van der Waals surface area contributed by atoms with Crippen LogP contribution in [0.2, 0.25) is 5.02 Å². The molecule has 1 aromatic rings. The van der Waals surface area contributed by atoms with Crippen molar-refractivity contribution in [1.82, 2.24) is 0 Å². The average Bonchev–Trinajstić information content (AvgIpc) is 2.57. The van der Waals surface area contributed by atoms with E-state index in [9.17, 15) is 20.1 Å². The predicted octanol–water partition coefficient (Wildman–Crippen LogP) is -0.411. The molecule has 0 aliphatic heterocycles. The lowest BCUT2D eigenvalue weighted by molar-refractivity contribution is -0.0925. The normalized spacial score (nSPS) is 14.7. The summed E-state index contributed by atoms with van der Waals surface area (Å²) in [6, 6.07) is 2.66. The summed E-state index contributed by atoms with van der Waals surface area (Å²) in [6.07, 6.45) is -4.75.